The molecule has 1 aliphatic rings. The van der Waals surface area contributed by atoms with E-state index in [1.54, 1.807) is 24.3 Å². The lowest BCUT2D eigenvalue weighted by Crippen LogP contribution is -2.46. The lowest BCUT2D eigenvalue weighted by atomic mass is 10.0. The topological polar surface area (TPSA) is 124 Å². The normalized spacial score (nSPS) is 14.1. The SMILES string of the molecule is CC(C)[C@@H](CNc1cc(C(=O)O)cc(C(=O)O)c1)N1C(=O)c2ccccc2C1=O. The molecule has 2 aromatic rings. The smallest absolute Gasteiger partial charge is 0.335 e. The van der Waals surface area contributed by atoms with Gasteiger partial charge in [-0.1, -0.05) is 26.0 Å². The summed E-state index contributed by atoms with van der Waals surface area (Å²) in [6.07, 6.45) is 0. The lowest BCUT2D eigenvalue weighted by Gasteiger charge is -2.30. The van der Waals surface area contributed by atoms with Gasteiger partial charge in [-0.25, -0.2) is 9.59 Å². The van der Waals surface area contributed by atoms with Crippen LogP contribution in [0, 0.1) is 5.92 Å². The third-order valence-electron chi connectivity index (χ3n) is 4.87. The van der Waals surface area contributed by atoms with Crippen molar-refractivity contribution in [3.8, 4) is 0 Å². The first kappa shape index (κ1) is 20.1. The van der Waals surface area contributed by atoms with Gasteiger partial charge in [-0.2, -0.15) is 0 Å². The van der Waals surface area contributed by atoms with E-state index >= 15 is 0 Å². The van der Waals surface area contributed by atoms with Crippen molar-refractivity contribution in [1.82, 2.24) is 4.90 Å². The van der Waals surface area contributed by atoms with Gasteiger partial charge >= 0.3 is 11.9 Å². The minimum atomic E-state index is -1.25. The highest BCUT2D eigenvalue weighted by Crippen LogP contribution is 2.27. The number of benzene rings is 2. The first-order chi connectivity index (χ1) is 13.7. The number of fused-ring (bicyclic) bond motifs is 1. The molecule has 0 spiro atoms. The van der Waals surface area contributed by atoms with Gasteiger partial charge in [-0.3, -0.25) is 14.5 Å². The molecule has 29 heavy (non-hydrogen) atoms. The highest BCUT2D eigenvalue weighted by molar-refractivity contribution is 6.21. The van der Waals surface area contributed by atoms with Crippen LogP contribution < -0.4 is 5.32 Å². The number of imide groups is 1. The molecule has 0 fully saturated rings. The van der Waals surface area contributed by atoms with E-state index in [4.69, 9.17) is 0 Å². The second-order valence-corrected chi connectivity index (χ2v) is 7.13. The van der Waals surface area contributed by atoms with Crippen LogP contribution in [0.5, 0.6) is 0 Å². The third kappa shape index (κ3) is 3.82. The molecule has 2 amide bonds. The Balaban J connectivity index is 1.87. The Morgan fingerprint density at radius 1 is 0.931 bits per heavy atom. The van der Waals surface area contributed by atoms with Gasteiger partial charge in [0.2, 0.25) is 0 Å². The average molecular weight is 396 g/mol. The van der Waals surface area contributed by atoms with Gasteiger partial charge in [0, 0.05) is 12.2 Å². The summed E-state index contributed by atoms with van der Waals surface area (Å²) in [7, 11) is 0. The molecule has 0 aliphatic carbocycles. The molecule has 0 unspecified atom stereocenters. The van der Waals surface area contributed by atoms with Crippen molar-refractivity contribution in [3.63, 3.8) is 0 Å². The molecule has 0 saturated heterocycles. The predicted octanol–water partition coefficient (Wildman–Crippen LogP) is 2.82. The number of hydrogen-bond donors (Lipinski definition) is 3. The van der Waals surface area contributed by atoms with Gasteiger partial charge in [0.05, 0.1) is 28.3 Å². The van der Waals surface area contributed by atoms with Gasteiger partial charge in [-0.15, -0.1) is 0 Å². The van der Waals surface area contributed by atoms with E-state index < -0.39 is 18.0 Å². The number of nitrogens with one attached hydrogen (secondary N) is 1. The zero-order chi connectivity index (χ0) is 21.3. The Bertz CT molecular complexity index is 947. The van der Waals surface area contributed by atoms with Crippen LogP contribution in [0.4, 0.5) is 5.69 Å². The Hall–Kier alpha value is -3.68. The summed E-state index contributed by atoms with van der Waals surface area (Å²) in [6.45, 7) is 3.88. The van der Waals surface area contributed by atoms with Crippen LogP contribution >= 0.6 is 0 Å². The Labute approximate surface area is 166 Å². The molecular formula is C21H20N2O6. The number of hydrogen-bond acceptors (Lipinski definition) is 5. The number of rotatable bonds is 7. The number of amides is 2. The number of nitrogens with zero attached hydrogens (tertiary/aromatic N) is 1. The molecule has 0 radical (unpaired) electrons. The molecule has 150 valence electrons. The molecule has 2 aromatic carbocycles. The van der Waals surface area contributed by atoms with Crippen LogP contribution in [-0.4, -0.2) is 51.5 Å². The van der Waals surface area contributed by atoms with Crippen molar-refractivity contribution in [2.24, 2.45) is 5.92 Å². The molecule has 1 heterocycles. The number of carboxylic acid groups (broad SMARTS) is 2. The van der Waals surface area contributed by atoms with Crippen molar-refractivity contribution in [3.05, 3.63) is 64.7 Å². The first-order valence-electron chi connectivity index (χ1n) is 9.03. The fraction of sp³-hybridized carbons (Fsp3) is 0.238. The molecule has 0 saturated carbocycles. The molecule has 3 N–H and O–H groups in total. The van der Waals surface area contributed by atoms with Crippen molar-refractivity contribution < 1.29 is 29.4 Å². The molecule has 8 heteroatoms. The zero-order valence-electron chi connectivity index (χ0n) is 15.9. The minimum Gasteiger partial charge on any atom is -0.478 e. The van der Waals surface area contributed by atoms with E-state index in [2.05, 4.69) is 5.32 Å². The molecule has 0 aromatic heterocycles. The largest absolute Gasteiger partial charge is 0.478 e. The minimum absolute atomic E-state index is 0.0914. The summed E-state index contributed by atoms with van der Waals surface area (Å²) in [6, 6.07) is 9.79. The van der Waals surface area contributed by atoms with E-state index in [0.717, 1.165) is 6.07 Å². The fourth-order valence-electron chi connectivity index (χ4n) is 3.33. The highest BCUT2D eigenvalue weighted by atomic mass is 16.4. The Kier molecular flexibility index (Phi) is 5.36. The van der Waals surface area contributed by atoms with E-state index in [9.17, 15) is 29.4 Å². The Morgan fingerprint density at radius 3 is 1.83 bits per heavy atom. The van der Waals surface area contributed by atoms with Crippen LogP contribution in [0.25, 0.3) is 0 Å². The van der Waals surface area contributed by atoms with Crippen LogP contribution in [0.2, 0.25) is 0 Å². The first-order valence-corrected chi connectivity index (χ1v) is 9.03. The number of carboxylic acids is 2. The quantitative estimate of drug-likeness (QED) is 0.615. The van der Waals surface area contributed by atoms with E-state index in [1.165, 1.54) is 17.0 Å². The van der Waals surface area contributed by atoms with Crippen molar-refractivity contribution in [2.75, 3.05) is 11.9 Å². The van der Waals surface area contributed by atoms with E-state index in [0.29, 0.717) is 11.1 Å². The van der Waals surface area contributed by atoms with Crippen LogP contribution in [-0.2, 0) is 0 Å². The number of carbonyl (C=O) groups is 4. The average Bonchev–Trinajstić information content (AvgIpc) is 2.93. The molecular weight excluding hydrogens is 376 g/mol. The van der Waals surface area contributed by atoms with Crippen molar-refractivity contribution in [2.45, 2.75) is 19.9 Å². The lowest BCUT2D eigenvalue weighted by molar-refractivity contribution is 0.0551. The van der Waals surface area contributed by atoms with Gasteiger partial charge in [0.25, 0.3) is 11.8 Å². The monoisotopic (exact) mass is 396 g/mol. The molecule has 8 nitrogen and oxygen atoms in total. The summed E-state index contributed by atoms with van der Waals surface area (Å²) < 4.78 is 0. The summed E-state index contributed by atoms with van der Waals surface area (Å²) in [5, 5.41) is 21.4. The van der Waals surface area contributed by atoms with Gasteiger partial charge in [-0.05, 0) is 36.2 Å². The van der Waals surface area contributed by atoms with Crippen LogP contribution in [0.3, 0.4) is 0 Å². The Morgan fingerprint density at radius 2 is 1.41 bits per heavy atom. The summed E-state index contributed by atoms with van der Waals surface area (Å²) >= 11 is 0. The van der Waals surface area contributed by atoms with Gasteiger partial charge < -0.3 is 15.5 Å². The van der Waals surface area contributed by atoms with Crippen molar-refractivity contribution >= 4 is 29.4 Å². The fourth-order valence-corrected chi connectivity index (χ4v) is 3.33. The molecule has 1 aliphatic heterocycles. The zero-order valence-corrected chi connectivity index (χ0v) is 15.9. The maximum absolute atomic E-state index is 12.8. The maximum atomic E-state index is 12.8. The van der Waals surface area contributed by atoms with Crippen molar-refractivity contribution in [1.29, 1.82) is 0 Å². The maximum Gasteiger partial charge on any atom is 0.335 e. The third-order valence-corrected chi connectivity index (χ3v) is 4.87. The number of anilines is 1. The number of carbonyl (C=O) groups excluding carboxylic acids is 2. The summed E-state index contributed by atoms with van der Waals surface area (Å²) in [5.74, 6) is -3.35. The molecule has 1 atom stereocenters. The number of aromatic carboxylic acids is 2. The van der Waals surface area contributed by atoms with Gasteiger partial charge in [0.1, 0.15) is 0 Å². The highest BCUT2D eigenvalue weighted by Gasteiger charge is 2.40. The standard InChI is InChI=1S/C21H20N2O6/c1-11(2)17(23-18(24)15-5-3-4-6-16(15)19(23)25)10-22-14-8-12(20(26)27)7-13(9-14)21(28)29/h3-9,11,17,22H,10H2,1-2H3,(H,26,27)(H,28,29)/t17-/m1/s1. The van der Waals surface area contributed by atoms with Gasteiger partial charge in [0.15, 0.2) is 0 Å². The molecule has 3 rings (SSSR count). The van der Waals surface area contributed by atoms with Crippen LogP contribution in [0.15, 0.2) is 42.5 Å². The van der Waals surface area contributed by atoms with E-state index in [1.807, 2.05) is 13.8 Å². The summed E-state index contributed by atoms with van der Waals surface area (Å²) in [5.41, 5.74) is 0.640. The second kappa shape index (κ2) is 7.75. The van der Waals surface area contributed by atoms with E-state index in [-0.39, 0.29) is 41.1 Å². The summed E-state index contributed by atoms with van der Waals surface area (Å²) in [4.78, 5) is 49.3. The molecule has 0 bridgehead atoms. The predicted molar refractivity (Wildman–Crippen MR) is 104 cm³/mol. The second-order valence-electron chi connectivity index (χ2n) is 7.13. The van der Waals surface area contributed by atoms with Crippen LogP contribution in [0.1, 0.15) is 55.3 Å².